The molecule has 9 nitrogen and oxygen atoms in total. The third-order valence-corrected chi connectivity index (χ3v) is 6.94. The molecule has 1 atom stereocenters. The number of nitrogens with two attached hydrogens (primary N) is 1. The first-order valence-corrected chi connectivity index (χ1v) is 11.2. The highest BCUT2D eigenvalue weighted by Gasteiger charge is 2.30. The van der Waals surface area contributed by atoms with Crippen molar-refractivity contribution in [1.29, 1.82) is 0 Å². The molecule has 0 spiro atoms. The Morgan fingerprint density at radius 2 is 1.93 bits per heavy atom. The molecule has 2 aliphatic rings. The van der Waals surface area contributed by atoms with Crippen LogP contribution in [0.3, 0.4) is 0 Å². The highest BCUT2D eigenvalue weighted by molar-refractivity contribution is 7.17. The molecule has 1 aromatic heterocycles. The lowest BCUT2D eigenvalue weighted by Gasteiger charge is -2.37. The molecule has 0 bridgehead atoms. The van der Waals surface area contributed by atoms with Gasteiger partial charge in [0.25, 0.3) is 5.91 Å². The van der Waals surface area contributed by atoms with Gasteiger partial charge in [-0.1, -0.05) is 0 Å². The second-order valence-electron chi connectivity index (χ2n) is 7.75. The van der Waals surface area contributed by atoms with Crippen molar-refractivity contribution < 1.29 is 19.1 Å². The molecule has 1 saturated heterocycles. The Kier molecular flexibility index (Phi) is 7.81. The van der Waals surface area contributed by atoms with E-state index < -0.39 is 5.91 Å². The van der Waals surface area contributed by atoms with Crippen LogP contribution in [0.5, 0.6) is 0 Å². The van der Waals surface area contributed by atoms with Gasteiger partial charge in [0.05, 0.1) is 24.8 Å². The number of anilines is 1. The van der Waals surface area contributed by atoms with Crippen molar-refractivity contribution in [1.82, 2.24) is 15.1 Å². The maximum absolute atomic E-state index is 12.8. The third-order valence-electron chi connectivity index (χ3n) is 5.73. The minimum Gasteiger partial charge on any atom is -0.383 e. The molecule has 3 rings (SSSR count). The van der Waals surface area contributed by atoms with Crippen LogP contribution in [0.15, 0.2) is 0 Å². The number of methoxy groups -OCH3 is 1. The standard InChI is InChI=1S/C20H31N5O4S/c1-13(25-9-7-24(8-10-25)12-16(26)22-6-11-29-2)19(28)23-20-17(18(21)27)14-4-3-5-15(14)30-20/h13H,3-12H2,1-2H3,(H2,21,27)(H,22,26)(H,23,28). The van der Waals surface area contributed by atoms with Gasteiger partial charge in [-0.2, -0.15) is 0 Å². The van der Waals surface area contributed by atoms with E-state index in [1.165, 1.54) is 11.3 Å². The molecule has 2 heterocycles. The number of nitrogens with zero attached hydrogens (tertiary/aromatic N) is 2. The molecule has 0 saturated carbocycles. The average Bonchev–Trinajstić information content (AvgIpc) is 3.28. The average molecular weight is 438 g/mol. The normalized spacial score (nSPS) is 18.1. The van der Waals surface area contributed by atoms with E-state index in [0.717, 1.165) is 42.8 Å². The van der Waals surface area contributed by atoms with E-state index in [4.69, 9.17) is 10.5 Å². The molecule has 10 heteroatoms. The number of carbonyl (C=O) groups excluding carboxylic acids is 3. The van der Waals surface area contributed by atoms with Gasteiger partial charge < -0.3 is 21.1 Å². The van der Waals surface area contributed by atoms with Gasteiger partial charge in [0.1, 0.15) is 5.00 Å². The molecule has 1 fully saturated rings. The number of hydrogen-bond acceptors (Lipinski definition) is 7. The number of carbonyl (C=O) groups is 3. The van der Waals surface area contributed by atoms with E-state index in [2.05, 4.69) is 20.4 Å². The SMILES string of the molecule is COCCNC(=O)CN1CCN(C(C)C(=O)Nc2sc3c(c2C(N)=O)CCC3)CC1. The number of piperazine rings is 1. The number of amides is 3. The Balaban J connectivity index is 1.50. The lowest BCUT2D eigenvalue weighted by atomic mass is 10.1. The molecule has 0 aromatic carbocycles. The van der Waals surface area contributed by atoms with Gasteiger partial charge in [-0.3, -0.25) is 24.2 Å². The molecule has 3 amide bonds. The molecule has 166 valence electrons. The van der Waals surface area contributed by atoms with Crippen LogP contribution in [0, 0.1) is 0 Å². The van der Waals surface area contributed by atoms with E-state index in [1.807, 2.05) is 6.92 Å². The van der Waals surface area contributed by atoms with Gasteiger partial charge in [0, 0.05) is 44.7 Å². The number of primary amides is 1. The van der Waals surface area contributed by atoms with Gasteiger partial charge in [-0.25, -0.2) is 0 Å². The number of nitrogens with one attached hydrogen (secondary N) is 2. The summed E-state index contributed by atoms with van der Waals surface area (Å²) in [6, 6.07) is -0.333. The maximum Gasteiger partial charge on any atom is 0.251 e. The van der Waals surface area contributed by atoms with Crippen molar-refractivity contribution in [3.8, 4) is 0 Å². The molecular formula is C20H31N5O4S. The molecule has 1 aliphatic heterocycles. The minimum absolute atomic E-state index is 0.0176. The molecule has 0 radical (unpaired) electrons. The summed E-state index contributed by atoms with van der Waals surface area (Å²) in [7, 11) is 1.60. The van der Waals surface area contributed by atoms with Crippen LogP contribution in [0.1, 0.15) is 34.1 Å². The fraction of sp³-hybridized carbons (Fsp3) is 0.650. The second-order valence-corrected chi connectivity index (χ2v) is 8.85. The van der Waals surface area contributed by atoms with E-state index in [0.29, 0.717) is 43.4 Å². The fourth-order valence-electron chi connectivity index (χ4n) is 4.00. The van der Waals surface area contributed by atoms with Crippen LogP contribution in [0.2, 0.25) is 0 Å². The largest absolute Gasteiger partial charge is 0.383 e. The Hall–Kier alpha value is -2.01. The van der Waals surface area contributed by atoms with Crippen LogP contribution in [-0.4, -0.2) is 86.5 Å². The van der Waals surface area contributed by atoms with Crippen molar-refractivity contribution in [3.63, 3.8) is 0 Å². The maximum atomic E-state index is 12.8. The van der Waals surface area contributed by atoms with Crippen LogP contribution >= 0.6 is 11.3 Å². The first kappa shape index (κ1) is 22.7. The minimum atomic E-state index is -0.477. The van der Waals surface area contributed by atoms with Gasteiger partial charge in [-0.15, -0.1) is 11.3 Å². The third kappa shape index (κ3) is 5.37. The summed E-state index contributed by atoms with van der Waals surface area (Å²) in [6.45, 7) is 6.05. The Bertz CT molecular complexity index is 788. The second kappa shape index (κ2) is 10.3. The van der Waals surface area contributed by atoms with Crippen LogP contribution in [-0.2, 0) is 27.2 Å². The van der Waals surface area contributed by atoms with Gasteiger partial charge in [0.2, 0.25) is 11.8 Å². The van der Waals surface area contributed by atoms with Crippen LogP contribution in [0.25, 0.3) is 0 Å². The molecular weight excluding hydrogens is 406 g/mol. The zero-order valence-electron chi connectivity index (χ0n) is 17.7. The Morgan fingerprint density at radius 1 is 1.20 bits per heavy atom. The number of ether oxygens (including phenoxy) is 1. The number of fused-ring (bicyclic) bond motifs is 1. The number of rotatable bonds is 9. The highest BCUT2D eigenvalue weighted by Crippen LogP contribution is 2.38. The van der Waals surface area contributed by atoms with Crippen LogP contribution < -0.4 is 16.4 Å². The van der Waals surface area contributed by atoms with Gasteiger partial charge in [0.15, 0.2) is 0 Å². The first-order valence-electron chi connectivity index (χ1n) is 10.4. The quantitative estimate of drug-likeness (QED) is 0.470. The zero-order valence-corrected chi connectivity index (χ0v) is 18.5. The smallest absolute Gasteiger partial charge is 0.251 e. The lowest BCUT2D eigenvalue weighted by Crippen LogP contribution is -2.54. The number of aryl methyl sites for hydroxylation is 1. The molecule has 1 aliphatic carbocycles. The van der Waals surface area contributed by atoms with Gasteiger partial charge in [-0.05, 0) is 31.7 Å². The van der Waals surface area contributed by atoms with Crippen molar-refractivity contribution in [3.05, 3.63) is 16.0 Å². The summed E-state index contributed by atoms with van der Waals surface area (Å²) in [5, 5.41) is 6.34. The number of hydrogen-bond donors (Lipinski definition) is 3. The summed E-state index contributed by atoms with van der Waals surface area (Å²) in [5.74, 6) is -0.631. The molecule has 30 heavy (non-hydrogen) atoms. The fourth-order valence-corrected chi connectivity index (χ4v) is 5.29. The van der Waals surface area contributed by atoms with E-state index >= 15 is 0 Å². The highest BCUT2D eigenvalue weighted by atomic mass is 32.1. The summed E-state index contributed by atoms with van der Waals surface area (Å²) < 4.78 is 4.93. The van der Waals surface area contributed by atoms with Crippen molar-refractivity contribution in [2.45, 2.75) is 32.2 Å². The number of thiophene rings is 1. The van der Waals surface area contributed by atoms with Crippen LogP contribution in [0.4, 0.5) is 5.00 Å². The summed E-state index contributed by atoms with van der Waals surface area (Å²) in [5.41, 5.74) is 7.07. The van der Waals surface area contributed by atoms with E-state index in [-0.39, 0.29) is 17.9 Å². The van der Waals surface area contributed by atoms with Crippen molar-refractivity contribution in [2.24, 2.45) is 5.73 Å². The topological polar surface area (TPSA) is 117 Å². The summed E-state index contributed by atoms with van der Waals surface area (Å²) in [4.78, 5) is 42.0. The first-order chi connectivity index (χ1) is 14.4. The molecule has 1 aromatic rings. The summed E-state index contributed by atoms with van der Waals surface area (Å²) >= 11 is 1.47. The van der Waals surface area contributed by atoms with Crippen molar-refractivity contribution in [2.75, 3.05) is 58.3 Å². The van der Waals surface area contributed by atoms with Gasteiger partial charge >= 0.3 is 0 Å². The Labute approximate surface area is 180 Å². The predicted molar refractivity (Wildman–Crippen MR) is 116 cm³/mol. The summed E-state index contributed by atoms with van der Waals surface area (Å²) in [6.07, 6.45) is 2.81. The Morgan fingerprint density at radius 3 is 2.60 bits per heavy atom. The zero-order chi connectivity index (χ0) is 21.7. The van der Waals surface area contributed by atoms with E-state index in [9.17, 15) is 14.4 Å². The lowest BCUT2D eigenvalue weighted by molar-refractivity contribution is -0.124. The molecule has 1 unspecified atom stereocenters. The molecule has 4 N–H and O–H groups in total. The predicted octanol–water partition coefficient (Wildman–Crippen LogP) is 0.0429. The monoisotopic (exact) mass is 437 g/mol. The van der Waals surface area contributed by atoms with E-state index in [1.54, 1.807) is 7.11 Å². The van der Waals surface area contributed by atoms with Crippen molar-refractivity contribution >= 4 is 34.1 Å².